The molecule has 1 aliphatic carbocycles. The molecule has 2 atom stereocenters. The summed E-state index contributed by atoms with van der Waals surface area (Å²) in [5.41, 5.74) is 7.17. The highest BCUT2D eigenvalue weighted by atomic mass is 16.2. The molecule has 1 aromatic heterocycles. The van der Waals surface area contributed by atoms with Crippen LogP contribution in [0.15, 0.2) is 29.2 Å². The van der Waals surface area contributed by atoms with Crippen molar-refractivity contribution >= 4 is 22.5 Å². The minimum Gasteiger partial charge on any atom is -0.398 e. The molecule has 1 heterocycles. The van der Waals surface area contributed by atoms with Gasteiger partial charge in [0, 0.05) is 25.0 Å². The van der Waals surface area contributed by atoms with Crippen molar-refractivity contribution in [1.82, 2.24) is 9.88 Å². The van der Waals surface area contributed by atoms with E-state index < -0.39 is 0 Å². The third-order valence-electron chi connectivity index (χ3n) is 4.99. The summed E-state index contributed by atoms with van der Waals surface area (Å²) < 4.78 is 2.10. The van der Waals surface area contributed by atoms with Crippen LogP contribution in [-0.4, -0.2) is 17.5 Å². The van der Waals surface area contributed by atoms with Gasteiger partial charge in [0.15, 0.2) is 0 Å². The molecule has 3 N–H and O–H groups in total. The Morgan fingerprint density at radius 2 is 2.04 bits per heavy atom. The van der Waals surface area contributed by atoms with E-state index in [1.54, 1.807) is 12.3 Å². The Balaban J connectivity index is 2.32. The molecular weight excluding hydrogens is 290 g/mol. The number of rotatable bonds is 2. The zero-order valence-electron chi connectivity index (χ0n) is 13.6. The molecule has 0 radical (unpaired) electrons. The van der Waals surface area contributed by atoms with Gasteiger partial charge in [-0.15, -0.1) is 0 Å². The highest BCUT2D eigenvalue weighted by Crippen LogP contribution is 2.35. The molecule has 2 unspecified atom stereocenters. The van der Waals surface area contributed by atoms with Crippen LogP contribution >= 0.6 is 0 Å². The van der Waals surface area contributed by atoms with Crippen molar-refractivity contribution in [2.45, 2.75) is 38.6 Å². The number of aromatic nitrogens is 1. The van der Waals surface area contributed by atoms with Crippen LogP contribution in [0.2, 0.25) is 0 Å². The number of amides is 1. The molecule has 0 spiro atoms. The van der Waals surface area contributed by atoms with Crippen LogP contribution in [0.4, 0.5) is 5.69 Å². The Bertz CT molecular complexity index is 810. The smallest absolute Gasteiger partial charge is 0.256 e. The number of anilines is 1. The zero-order valence-corrected chi connectivity index (χ0v) is 13.6. The van der Waals surface area contributed by atoms with Crippen LogP contribution in [0.25, 0.3) is 10.9 Å². The average molecular weight is 313 g/mol. The van der Waals surface area contributed by atoms with Crippen molar-refractivity contribution in [3.8, 4) is 0 Å². The number of carbonyl (C=O) groups excluding carboxylic acids is 1. The highest BCUT2D eigenvalue weighted by molar-refractivity contribution is 6.00. The molecule has 1 aliphatic rings. The first-order valence-corrected chi connectivity index (χ1v) is 8.20. The SMILES string of the molecule is CNC(=O)c1cn(C2CCCCC2C)c2cccc(N)c2c1=O. The summed E-state index contributed by atoms with van der Waals surface area (Å²) in [5, 5.41) is 3.00. The standard InChI is InChI=1S/C18H23N3O2/c1-11-6-3-4-8-14(11)21-10-12(18(23)20-2)17(22)16-13(19)7-5-9-15(16)21/h5,7,9-11,14H,3-4,6,8,19H2,1-2H3,(H,20,23). The van der Waals surface area contributed by atoms with E-state index in [1.807, 2.05) is 12.1 Å². The minimum atomic E-state index is -0.364. The zero-order chi connectivity index (χ0) is 16.6. The normalized spacial score (nSPS) is 21.3. The van der Waals surface area contributed by atoms with Gasteiger partial charge in [0.25, 0.3) is 5.91 Å². The van der Waals surface area contributed by atoms with E-state index in [4.69, 9.17) is 5.73 Å². The van der Waals surface area contributed by atoms with Crippen LogP contribution in [0.1, 0.15) is 49.0 Å². The van der Waals surface area contributed by atoms with Gasteiger partial charge in [0.1, 0.15) is 5.56 Å². The summed E-state index contributed by atoms with van der Waals surface area (Å²) in [6.45, 7) is 2.24. The van der Waals surface area contributed by atoms with E-state index in [1.165, 1.54) is 19.9 Å². The molecule has 0 aliphatic heterocycles. The van der Waals surface area contributed by atoms with Gasteiger partial charge in [-0.3, -0.25) is 9.59 Å². The van der Waals surface area contributed by atoms with E-state index in [2.05, 4.69) is 16.8 Å². The van der Waals surface area contributed by atoms with Crippen LogP contribution in [-0.2, 0) is 0 Å². The van der Waals surface area contributed by atoms with Crippen molar-refractivity contribution in [1.29, 1.82) is 0 Å². The monoisotopic (exact) mass is 313 g/mol. The second-order valence-corrected chi connectivity index (χ2v) is 6.43. The molecule has 1 fully saturated rings. The number of nitrogens with two attached hydrogens (primary N) is 1. The first kappa shape index (κ1) is 15.6. The second-order valence-electron chi connectivity index (χ2n) is 6.43. The lowest BCUT2D eigenvalue weighted by Gasteiger charge is -2.32. The van der Waals surface area contributed by atoms with Crippen molar-refractivity contribution in [2.24, 2.45) is 5.92 Å². The number of fused-ring (bicyclic) bond motifs is 1. The highest BCUT2D eigenvalue weighted by Gasteiger charge is 2.26. The van der Waals surface area contributed by atoms with Gasteiger partial charge in [-0.25, -0.2) is 0 Å². The predicted octanol–water partition coefficient (Wildman–Crippen LogP) is 2.69. The Kier molecular flexibility index (Phi) is 4.11. The predicted molar refractivity (Wildman–Crippen MR) is 92.7 cm³/mol. The van der Waals surface area contributed by atoms with Gasteiger partial charge in [0.05, 0.1) is 10.9 Å². The average Bonchev–Trinajstić information content (AvgIpc) is 2.55. The van der Waals surface area contributed by atoms with Crippen molar-refractivity contribution in [2.75, 3.05) is 12.8 Å². The van der Waals surface area contributed by atoms with Crippen LogP contribution in [0, 0.1) is 5.92 Å². The van der Waals surface area contributed by atoms with Crippen molar-refractivity contribution < 1.29 is 4.79 Å². The molecule has 5 nitrogen and oxygen atoms in total. The number of nitrogens with one attached hydrogen (secondary N) is 1. The molecule has 1 saturated carbocycles. The first-order valence-electron chi connectivity index (χ1n) is 8.20. The third-order valence-corrected chi connectivity index (χ3v) is 4.99. The summed E-state index contributed by atoms with van der Waals surface area (Å²) in [5.74, 6) is 0.144. The van der Waals surface area contributed by atoms with Gasteiger partial charge in [0.2, 0.25) is 5.43 Å². The first-order chi connectivity index (χ1) is 11.0. The summed E-state index contributed by atoms with van der Waals surface area (Å²) in [7, 11) is 1.54. The third kappa shape index (κ3) is 2.60. The number of carbonyl (C=O) groups is 1. The van der Waals surface area contributed by atoms with E-state index in [0.717, 1.165) is 18.4 Å². The number of pyridine rings is 1. The topological polar surface area (TPSA) is 77.1 Å². The summed E-state index contributed by atoms with van der Waals surface area (Å²) >= 11 is 0. The maximum atomic E-state index is 12.7. The van der Waals surface area contributed by atoms with E-state index in [9.17, 15) is 9.59 Å². The molecular formula is C18H23N3O2. The molecule has 122 valence electrons. The fourth-order valence-corrected chi connectivity index (χ4v) is 3.70. The van der Waals surface area contributed by atoms with E-state index in [0.29, 0.717) is 17.0 Å². The maximum absolute atomic E-state index is 12.7. The maximum Gasteiger partial charge on any atom is 0.256 e. The minimum absolute atomic E-state index is 0.163. The van der Waals surface area contributed by atoms with Gasteiger partial charge in [-0.1, -0.05) is 25.8 Å². The van der Waals surface area contributed by atoms with Gasteiger partial charge < -0.3 is 15.6 Å². The lowest BCUT2D eigenvalue weighted by molar-refractivity contribution is 0.0961. The van der Waals surface area contributed by atoms with E-state index >= 15 is 0 Å². The number of hydrogen-bond acceptors (Lipinski definition) is 3. The van der Waals surface area contributed by atoms with Crippen LogP contribution < -0.4 is 16.5 Å². The molecule has 1 aromatic carbocycles. The van der Waals surface area contributed by atoms with Crippen molar-refractivity contribution in [3.63, 3.8) is 0 Å². The Labute approximate surface area is 135 Å². The van der Waals surface area contributed by atoms with Crippen LogP contribution in [0.3, 0.4) is 0 Å². The van der Waals surface area contributed by atoms with Gasteiger partial charge >= 0.3 is 0 Å². The van der Waals surface area contributed by atoms with E-state index in [-0.39, 0.29) is 22.9 Å². The number of benzene rings is 1. The fraction of sp³-hybridized carbons (Fsp3) is 0.444. The Morgan fingerprint density at radius 1 is 1.30 bits per heavy atom. The Hall–Kier alpha value is -2.30. The quantitative estimate of drug-likeness (QED) is 0.837. The molecule has 0 saturated heterocycles. The molecule has 1 amide bonds. The number of nitrogens with zero attached hydrogens (tertiary/aromatic N) is 1. The largest absolute Gasteiger partial charge is 0.398 e. The molecule has 5 heteroatoms. The summed E-state index contributed by atoms with van der Waals surface area (Å²) in [6, 6.07) is 5.78. The molecule has 2 aromatic rings. The van der Waals surface area contributed by atoms with Crippen LogP contribution in [0.5, 0.6) is 0 Å². The number of nitrogen functional groups attached to an aromatic ring is 1. The molecule has 23 heavy (non-hydrogen) atoms. The summed E-state index contributed by atoms with van der Waals surface area (Å²) in [6.07, 6.45) is 6.34. The summed E-state index contributed by atoms with van der Waals surface area (Å²) in [4.78, 5) is 24.9. The lowest BCUT2D eigenvalue weighted by Crippen LogP contribution is -2.30. The second kappa shape index (κ2) is 6.07. The Morgan fingerprint density at radius 3 is 2.74 bits per heavy atom. The van der Waals surface area contributed by atoms with Gasteiger partial charge in [-0.05, 0) is 30.9 Å². The van der Waals surface area contributed by atoms with Crippen molar-refractivity contribution in [3.05, 3.63) is 40.2 Å². The number of hydrogen-bond donors (Lipinski definition) is 2. The fourth-order valence-electron chi connectivity index (χ4n) is 3.70. The molecule has 0 bridgehead atoms. The lowest BCUT2D eigenvalue weighted by atomic mass is 9.85. The van der Waals surface area contributed by atoms with Gasteiger partial charge in [-0.2, -0.15) is 0 Å². The molecule has 3 rings (SSSR count).